The molecular formula is C30H32N6. The number of nitrogens with zero attached hydrogens (tertiary/aromatic N) is 6. The van der Waals surface area contributed by atoms with Crippen molar-refractivity contribution in [3.63, 3.8) is 0 Å². The van der Waals surface area contributed by atoms with Gasteiger partial charge in [0.2, 0.25) is 11.9 Å². The number of benzene rings is 3. The van der Waals surface area contributed by atoms with Crippen molar-refractivity contribution in [2.45, 2.75) is 52.4 Å². The molecule has 0 saturated carbocycles. The molecule has 6 nitrogen and oxygen atoms in total. The van der Waals surface area contributed by atoms with E-state index in [1.165, 1.54) is 0 Å². The smallest absolute Gasteiger partial charge is 0.240 e. The molecule has 2 aromatic heterocycles. The van der Waals surface area contributed by atoms with Gasteiger partial charge in [0, 0.05) is 16.5 Å². The van der Waals surface area contributed by atoms with Crippen LogP contribution in [0.1, 0.15) is 53.2 Å². The molecule has 0 aliphatic rings. The SMILES string of the molecule is CC(C)(C)c1nc(N(c2ccccc2)c2nc3ccccc3n2-c2ccccc2)nc(C(C)(C)C)n1. The topological polar surface area (TPSA) is 59.7 Å². The number of imidazole rings is 1. The first-order chi connectivity index (χ1) is 17.1. The molecule has 0 spiro atoms. The van der Waals surface area contributed by atoms with Gasteiger partial charge in [-0.25, -0.2) is 14.9 Å². The third kappa shape index (κ3) is 4.47. The lowest BCUT2D eigenvalue weighted by Gasteiger charge is -2.27. The highest BCUT2D eigenvalue weighted by Gasteiger charge is 2.30. The van der Waals surface area contributed by atoms with Crippen molar-refractivity contribution in [1.29, 1.82) is 0 Å². The number of fused-ring (bicyclic) bond motifs is 1. The number of rotatable bonds is 4. The van der Waals surface area contributed by atoms with Gasteiger partial charge in [0.15, 0.2) is 0 Å². The second-order valence-corrected chi connectivity index (χ2v) is 11.0. The maximum atomic E-state index is 5.11. The Morgan fingerprint density at radius 1 is 0.583 bits per heavy atom. The van der Waals surface area contributed by atoms with E-state index in [4.69, 9.17) is 19.9 Å². The fraction of sp³-hybridized carbons (Fsp3) is 0.267. The molecule has 0 N–H and O–H groups in total. The van der Waals surface area contributed by atoms with Gasteiger partial charge in [-0.15, -0.1) is 0 Å². The second kappa shape index (κ2) is 8.86. The van der Waals surface area contributed by atoms with Gasteiger partial charge >= 0.3 is 0 Å². The quantitative estimate of drug-likeness (QED) is 0.273. The van der Waals surface area contributed by atoms with Crippen LogP contribution in [0.2, 0.25) is 0 Å². The van der Waals surface area contributed by atoms with Gasteiger partial charge in [0.05, 0.1) is 16.7 Å². The van der Waals surface area contributed by atoms with E-state index in [1.807, 2.05) is 59.5 Å². The Bertz CT molecular complexity index is 1460. The van der Waals surface area contributed by atoms with Crippen molar-refractivity contribution in [2.75, 3.05) is 4.90 Å². The zero-order valence-corrected chi connectivity index (χ0v) is 21.8. The fourth-order valence-corrected chi connectivity index (χ4v) is 4.03. The van der Waals surface area contributed by atoms with Gasteiger partial charge in [0.1, 0.15) is 11.6 Å². The minimum atomic E-state index is -0.250. The standard InChI is InChI=1S/C30H32N6/c1-29(2,3)25-32-26(30(4,5)6)34-27(33-25)36(22-17-11-8-12-18-22)28-31-23-19-13-14-20-24(23)35(28)21-15-9-7-10-16-21/h7-20H,1-6H3. The summed E-state index contributed by atoms with van der Waals surface area (Å²) >= 11 is 0. The van der Waals surface area contributed by atoms with Crippen molar-refractivity contribution in [2.24, 2.45) is 0 Å². The highest BCUT2D eigenvalue weighted by molar-refractivity contribution is 5.84. The molecule has 0 fully saturated rings. The molecule has 0 radical (unpaired) electrons. The molecular weight excluding hydrogens is 444 g/mol. The van der Waals surface area contributed by atoms with Gasteiger partial charge < -0.3 is 0 Å². The Morgan fingerprint density at radius 3 is 1.69 bits per heavy atom. The molecule has 182 valence electrons. The monoisotopic (exact) mass is 476 g/mol. The van der Waals surface area contributed by atoms with Gasteiger partial charge in [-0.2, -0.15) is 9.97 Å². The highest BCUT2D eigenvalue weighted by Crippen LogP contribution is 2.37. The molecule has 5 rings (SSSR count). The Balaban J connectivity index is 1.86. The van der Waals surface area contributed by atoms with Crippen molar-refractivity contribution in [3.8, 4) is 5.69 Å². The van der Waals surface area contributed by atoms with E-state index < -0.39 is 0 Å². The molecule has 0 unspecified atom stereocenters. The van der Waals surface area contributed by atoms with Crippen molar-refractivity contribution in [3.05, 3.63) is 96.6 Å². The first-order valence-corrected chi connectivity index (χ1v) is 12.3. The Hall–Kier alpha value is -4.06. The van der Waals surface area contributed by atoms with Crippen LogP contribution in [-0.2, 0) is 10.8 Å². The molecule has 0 saturated heterocycles. The third-order valence-electron chi connectivity index (χ3n) is 5.94. The predicted octanol–water partition coefficient (Wildman–Crippen LogP) is 7.28. The molecule has 0 amide bonds. The van der Waals surface area contributed by atoms with E-state index in [0.717, 1.165) is 40.0 Å². The first-order valence-electron chi connectivity index (χ1n) is 12.3. The first kappa shape index (κ1) is 23.7. The highest BCUT2D eigenvalue weighted by atomic mass is 15.4. The minimum absolute atomic E-state index is 0.250. The Morgan fingerprint density at radius 2 is 1.11 bits per heavy atom. The largest absolute Gasteiger partial charge is 0.278 e. The zero-order valence-electron chi connectivity index (χ0n) is 21.8. The molecule has 0 aliphatic carbocycles. The molecule has 0 atom stereocenters. The lowest BCUT2D eigenvalue weighted by atomic mass is 9.93. The average molecular weight is 477 g/mol. The van der Waals surface area contributed by atoms with Gasteiger partial charge in [-0.1, -0.05) is 90.1 Å². The van der Waals surface area contributed by atoms with Gasteiger partial charge in [0.25, 0.3) is 0 Å². The van der Waals surface area contributed by atoms with E-state index in [1.54, 1.807) is 0 Å². The summed E-state index contributed by atoms with van der Waals surface area (Å²) in [7, 11) is 0. The summed E-state index contributed by atoms with van der Waals surface area (Å²) < 4.78 is 2.17. The lowest BCUT2D eigenvalue weighted by molar-refractivity contribution is 0.496. The fourth-order valence-electron chi connectivity index (χ4n) is 4.03. The molecule has 0 aliphatic heterocycles. The normalized spacial score (nSPS) is 12.2. The minimum Gasteiger partial charge on any atom is -0.278 e. The van der Waals surface area contributed by atoms with Crippen LogP contribution in [0, 0.1) is 0 Å². The second-order valence-electron chi connectivity index (χ2n) is 11.0. The van der Waals surface area contributed by atoms with E-state index in [2.05, 4.69) is 76.4 Å². The van der Waals surface area contributed by atoms with E-state index in [0.29, 0.717) is 5.95 Å². The average Bonchev–Trinajstić information content (AvgIpc) is 3.23. The number of para-hydroxylation sites is 4. The van der Waals surface area contributed by atoms with Crippen LogP contribution >= 0.6 is 0 Å². The summed E-state index contributed by atoms with van der Waals surface area (Å²) in [5, 5.41) is 0. The molecule has 2 heterocycles. The van der Waals surface area contributed by atoms with Crippen molar-refractivity contribution < 1.29 is 0 Å². The van der Waals surface area contributed by atoms with Crippen LogP contribution in [0.5, 0.6) is 0 Å². The third-order valence-corrected chi connectivity index (χ3v) is 5.94. The van der Waals surface area contributed by atoms with E-state index in [-0.39, 0.29) is 10.8 Å². The summed E-state index contributed by atoms with van der Waals surface area (Å²) in [6.07, 6.45) is 0. The van der Waals surface area contributed by atoms with Crippen molar-refractivity contribution >= 4 is 28.6 Å². The Labute approximate surface area is 212 Å². The zero-order chi connectivity index (χ0) is 25.5. The molecule has 6 heteroatoms. The van der Waals surface area contributed by atoms with Crippen LogP contribution in [0.25, 0.3) is 16.7 Å². The number of anilines is 3. The van der Waals surface area contributed by atoms with Crippen molar-refractivity contribution in [1.82, 2.24) is 24.5 Å². The predicted molar refractivity (Wildman–Crippen MR) is 147 cm³/mol. The number of aromatic nitrogens is 5. The maximum absolute atomic E-state index is 5.11. The summed E-state index contributed by atoms with van der Waals surface area (Å²) in [6, 6.07) is 28.7. The molecule has 5 aromatic rings. The maximum Gasteiger partial charge on any atom is 0.240 e. The molecule has 3 aromatic carbocycles. The summed E-state index contributed by atoms with van der Waals surface area (Å²) in [5.41, 5.74) is 3.36. The lowest BCUT2D eigenvalue weighted by Crippen LogP contribution is -2.27. The van der Waals surface area contributed by atoms with Crippen LogP contribution in [0.15, 0.2) is 84.9 Å². The van der Waals surface area contributed by atoms with Crippen LogP contribution < -0.4 is 4.90 Å². The van der Waals surface area contributed by atoms with Crippen LogP contribution in [-0.4, -0.2) is 24.5 Å². The van der Waals surface area contributed by atoms with Gasteiger partial charge in [-0.3, -0.25) is 4.57 Å². The number of hydrogen-bond acceptors (Lipinski definition) is 5. The van der Waals surface area contributed by atoms with Crippen LogP contribution in [0.3, 0.4) is 0 Å². The summed E-state index contributed by atoms with van der Waals surface area (Å²) in [4.78, 5) is 22.1. The van der Waals surface area contributed by atoms with E-state index >= 15 is 0 Å². The summed E-state index contributed by atoms with van der Waals surface area (Å²) in [6.45, 7) is 12.8. The van der Waals surface area contributed by atoms with E-state index in [9.17, 15) is 0 Å². The molecule has 0 bridgehead atoms. The molecule has 36 heavy (non-hydrogen) atoms. The number of hydrogen-bond donors (Lipinski definition) is 0. The van der Waals surface area contributed by atoms with Crippen LogP contribution in [0.4, 0.5) is 17.6 Å². The van der Waals surface area contributed by atoms with Gasteiger partial charge in [-0.05, 0) is 36.4 Å². The summed E-state index contributed by atoms with van der Waals surface area (Å²) in [5.74, 6) is 2.78. The Kier molecular flexibility index (Phi) is 5.83.